The lowest BCUT2D eigenvalue weighted by atomic mass is 9.79. The van der Waals surface area contributed by atoms with E-state index in [2.05, 4.69) is 46.6 Å². The first-order valence-electron chi connectivity index (χ1n) is 7.09. The molecular weight excluding hydrogens is 316 g/mol. The van der Waals surface area contributed by atoms with E-state index in [0.29, 0.717) is 15.5 Å². The first kappa shape index (κ1) is 17.0. The van der Waals surface area contributed by atoms with E-state index in [4.69, 9.17) is 17.1 Å². The fourth-order valence-corrected chi connectivity index (χ4v) is 2.78. The monoisotopic (exact) mass is 338 g/mol. The predicted molar refractivity (Wildman–Crippen MR) is 92.5 cm³/mol. The molecule has 22 heavy (non-hydrogen) atoms. The lowest BCUT2D eigenvalue weighted by molar-refractivity contribution is 0.175. The number of hydrogen-bond donors (Lipinski definition) is 1. The Hall–Kier alpha value is -1.40. The third-order valence-corrected chi connectivity index (χ3v) is 4.36. The van der Waals surface area contributed by atoms with Gasteiger partial charge in [0, 0.05) is 11.1 Å². The highest BCUT2D eigenvalue weighted by molar-refractivity contribution is 7.73. The van der Waals surface area contributed by atoms with Crippen LogP contribution in [0.3, 0.4) is 0 Å². The van der Waals surface area contributed by atoms with E-state index in [9.17, 15) is 5.11 Å². The number of aromatic nitrogens is 2. The number of benzene rings is 1. The highest BCUT2D eigenvalue weighted by Gasteiger charge is 2.27. The molecule has 2 aromatic rings. The predicted octanol–water partition coefficient (Wildman–Crippen LogP) is 4.82. The molecule has 1 N–H and O–H groups in total. The van der Waals surface area contributed by atoms with Gasteiger partial charge in [-0.05, 0) is 35.2 Å². The molecule has 120 valence electrons. The summed E-state index contributed by atoms with van der Waals surface area (Å²) in [6.45, 7) is 12.4. The van der Waals surface area contributed by atoms with Crippen LogP contribution in [0.5, 0.6) is 11.5 Å². The molecule has 0 saturated carbocycles. The minimum Gasteiger partial charge on any atom is -0.507 e. The third kappa shape index (κ3) is 3.50. The molecular formula is C16H22N2O2S2. The van der Waals surface area contributed by atoms with Crippen molar-refractivity contribution in [3.8, 4) is 11.5 Å². The number of rotatable bonds is 2. The van der Waals surface area contributed by atoms with E-state index in [0.717, 1.165) is 11.1 Å². The zero-order chi connectivity index (χ0) is 16.7. The molecule has 4 nitrogen and oxygen atoms in total. The molecule has 1 aromatic carbocycles. The summed E-state index contributed by atoms with van der Waals surface area (Å²) >= 11 is 6.51. The molecule has 0 aliphatic rings. The van der Waals surface area contributed by atoms with E-state index >= 15 is 0 Å². The maximum atomic E-state index is 10.7. The molecule has 0 bridgehead atoms. The summed E-state index contributed by atoms with van der Waals surface area (Å²) in [5.74, 6) is 0.948. The molecule has 0 saturated heterocycles. The lowest BCUT2D eigenvalue weighted by Crippen LogP contribution is -2.18. The second-order valence-electron chi connectivity index (χ2n) is 7.34. The van der Waals surface area contributed by atoms with Crippen LogP contribution in [0.15, 0.2) is 17.6 Å². The largest absolute Gasteiger partial charge is 0.507 e. The molecule has 0 atom stereocenters. The van der Waals surface area contributed by atoms with Gasteiger partial charge in [-0.1, -0.05) is 57.7 Å². The zero-order valence-corrected chi connectivity index (χ0v) is 15.4. The maximum Gasteiger partial charge on any atom is 0.220 e. The van der Waals surface area contributed by atoms with E-state index in [1.165, 1.54) is 16.2 Å². The van der Waals surface area contributed by atoms with Crippen molar-refractivity contribution in [2.45, 2.75) is 52.4 Å². The zero-order valence-electron chi connectivity index (χ0n) is 13.8. The van der Waals surface area contributed by atoms with Crippen LogP contribution in [0.2, 0.25) is 0 Å². The number of hydrogen-bond acceptors (Lipinski definition) is 5. The van der Waals surface area contributed by atoms with Gasteiger partial charge in [-0.15, -0.1) is 5.10 Å². The van der Waals surface area contributed by atoms with E-state index in [1.807, 2.05) is 12.1 Å². The van der Waals surface area contributed by atoms with Crippen LogP contribution in [-0.2, 0) is 10.8 Å². The summed E-state index contributed by atoms with van der Waals surface area (Å²) in [5, 5.41) is 14.7. The van der Waals surface area contributed by atoms with Crippen LogP contribution in [0.1, 0.15) is 52.7 Å². The van der Waals surface area contributed by atoms with Gasteiger partial charge >= 0.3 is 0 Å². The maximum absolute atomic E-state index is 10.7. The summed E-state index contributed by atoms with van der Waals surface area (Å²) in [5.41, 5.74) is 2.92. The molecule has 0 radical (unpaired) electrons. The minimum atomic E-state index is -0.201. The number of nitrogens with zero attached hydrogens (tertiary/aromatic N) is 2. The summed E-state index contributed by atoms with van der Waals surface area (Å²) in [6.07, 6.45) is 0. The Labute approximate surface area is 140 Å². The van der Waals surface area contributed by atoms with Crippen molar-refractivity contribution < 1.29 is 9.94 Å². The molecule has 0 fully saturated rings. The summed E-state index contributed by atoms with van der Waals surface area (Å²) in [6, 6.07) is 3.71. The molecule has 0 unspecified atom stereocenters. The summed E-state index contributed by atoms with van der Waals surface area (Å²) in [7, 11) is 0. The summed E-state index contributed by atoms with van der Waals surface area (Å²) < 4.78 is 0.544. The number of phenols is 1. The second-order valence-corrected chi connectivity index (χ2v) is 8.81. The molecule has 1 heterocycles. The average Bonchev–Trinajstić information content (AvgIpc) is 2.74. The van der Waals surface area contributed by atoms with Crippen LogP contribution in [0.25, 0.3) is 0 Å². The highest BCUT2D eigenvalue weighted by atomic mass is 32.1. The normalized spacial score (nSPS) is 12.5. The van der Waals surface area contributed by atoms with Gasteiger partial charge in [0.05, 0.1) is 0 Å². The molecule has 1 aromatic heterocycles. The molecule has 0 aliphatic carbocycles. The minimum absolute atomic E-state index is 0.201. The first-order chi connectivity index (χ1) is 10.00. The van der Waals surface area contributed by atoms with Gasteiger partial charge < -0.3 is 9.94 Å². The van der Waals surface area contributed by atoms with Crippen LogP contribution >= 0.6 is 23.6 Å². The van der Waals surface area contributed by atoms with Crippen molar-refractivity contribution in [2.24, 2.45) is 0 Å². The highest BCUT2D eigenvalue weighted by Crippen LogP contribution is 2.41. The van der Waals surface area contributed by atoms with E-state index < -0.39 is 0 Å². The Balaban J connectivity index is 2.60. The van der Waals surface area contributed by atoms with Crippen molar-refractivity contribution in [2.75, 3.05) is 0 Å². The first-order valence-corrected chi connectivity index (χ1v) is 8.38. The van der Waals surface area contributed by atoms with Crippen molar-refractivity contribution in [1.82, 2.24) is 9.94 Å². The Morgan fingerprint density at radius 3 is 1.95 bits per heavy atom. The van der Waals surface area contributed by atoms with Gasteiger partial charge in [0.2, 0.25) is 3.95 Å². The Kier molecular flexibility index (Phi) is 4.37. The smallest absolute Gasteiger partial charge is 0.220 e. The van der Waals surface area contributed by atoms with Gasteiger partial charge in [-0.2, -0.15) is 0 Å². The SMILES string of the molecule is CC(C)(C)c1cc(On2ncsc2=S)cc(C(C)(C)C)c1O. The van der Waals surface area contributed by atoms with Crippen LogP contribution in [0, 0.1) is 3.95 Å². The molecule has 6 heteroatoms. The Morgan fingerprint density at radius 2 is 1.59 bits per heavy atom. The fraction of sp³-hybridized carbons (Fsp3) is 0.500. The average molecular weight is 338 g/mol. The third-order valence-electron chi connectivity index (χ3n) is 3.35. The number of aromatic hydroxyl groups is 1. The molecule has 2 rings (SSSR count). The van der Waals surface area contributed by atoms with E-state index in [-0.39, 0.29) is 10.8 Å². The Morgan fingerprint density at radius 1 is 1.09 bits per heavy atom. The van der Waals surface area contributed by atoms with Crippen molar-refractivity contribution in [1.29, 1.82) is 0 Å². The lowest BCUT2D eigenvalue weighted by Gasteiger charge is -2.27. The van der Waals surface area contributed by atoms with Crippen LogP contribution in [0.4, 0.5) is 0 Å². The van der Waals surface area contributed by atoms with E-state index in [1.54, 1.807) is 5.51 Å². The van der Waals surface area contributed by atoms with Gasteiger partial charge in [0.15, 0.2) is 5.75 Å². The second kappa shape index (κ2) is 5.66. The van der Waals surface area contributed by atoms with Crippen LogP contribution < -0.4 is 4.84 Å². The Bertz CT molecular complexity index is 699. The van der Waals surface area contributed by atoms with Crippen molar-refractivity contribution in [3.63, 3.8) is 0 Å². The van der Waals surface area contributed by atoms with Gasteiger partial charge in [-0.25, -0.2) is 0 Å². The van der Waals surface area contributed by atoms with Crippen molar-refractivity contribution >= 4 is 23.6 Å². The number of phenolic OH excluding ortho intramolecular Hbond substituents is 1. The van der Waals surface area contributed by atoms with Crippen molar-refractivity contribution in [3.05, 3.63) is 32.7 Å². The fourth-order valence-electron chi connectivity index (χ4n) is 2.17. The topological polar surface area (TPSA) is 47.3 Å². The molecule has 0 aliphatic heterocycles. The summed E-state index contributed by atoms with van der Waals surface area (Å²) in [4.78, 5) is 7.10. The standard InChI is InChI=1S/C16H22N2O2S2/c1-15(2,3)11-7-10(20-18-14(21)22-9-17-18)8-12(13(11)19)16(4,5)6/h7-9,19H,1-6H3. The molecule has 0 amide bonds. The van der Waals surface area contributed by atoms with Gasteiger partial charge in [-0.3, -0.25) is 0 Å². The van der Waals surface area contributed by atoms with Crippen LogP contribution in [-0.4, -0.2) is 15.1 Å². The van der Waals surface area contributed by atoms with Gasteiger partial charge in [0.1, 0.15) is 11.3 Å². The quantitative estimate of drug-likeness (QED) is 0.798. The van der Waals surface area contributed by atoms with Gasteiger partial charge in [0.25, 0.3) is 0 Å². The molecule has 0 spiro atoms.